The van der Waals surface area contributed by atoms with Gasteiger partial charge in [0.25, 0.3) is 0 Å². The Morgan fingerprint density at radius 3 is 2.24 bits per heavy atom. The van der Waals surface area contributed by atoms with Crippen molar-refractivity contribution in [3.63, 3.8) is 0 Å². The Bertz CT molecular complexity index is 1160. The minimum absolute atomic E-state index is 0.0163. The first kappa shape index (κ1) is 28.4. The highest BCUT2D eigenvalue weighted by Crippen LogP contribution is 2.40. The Kier molecular flexibility index (Phi) is 9.69. The maximum absolute atomic E-state index is 15.0. The second-order valence-electron chi connectivity index (χ2n) is 10.6. The van der Waals surface area contributed by atoms with Gasteiger partial charge in [-0.3, -0.25) is 0 Å². The smallest absolute Gasteiger partial charge is 0.200 e. The molecule has 2 nitrogen and oxygen atoms in total. The number of rotatable bonds is 10. The molecule has 0 saturated heterocycles. The van der Waals surface area contributed by atoms with Crippen molar-refractivity contribution in [1.82, 2.24) is 0 Å². The fourth-order valence-electron chi connectivity index (χ4n) is 5.92. The van der Waals surface area contributed by atoms with Crippen molar-refractivity contribution in [2.75, 3.05) is 6.61 Å². The van der Waals surface area contributed by atoms with E-state index in [0.717, 1.165) is 44.1 Å². The minimum atomic E-state index is -0.976. The van der Waals surface area contributed by atoms with E-state index in [9.17, 15) is 18.3 Å². The van der Waals surface area contributed by atoms with Gasteiger partial charge in [0.05, 0.1) is 12.7 Å². The van der Waals surface area contributed by atoms with Gasteiger partial charge < -0.3 is 9.84 Å². The van der Waals surface area contributed by atoms with Crippen LogP contribution >= 0.6 is 0 Å². The van der Waals surface area contributed by atoms with Crippen molar-refractivity contribution in [3.05, 3.63) is 88.0 Å². The molecule has 0 bridgehead atoms. The van der Waals surface area contributed by atoms with Gasteiger partial charge in [-0.1, -0.05) is 55.3 Å². The zero-order valence-corrected chi connectivity index (χ0v) is 22.3. The normalized spacial score (nSPS) is 22.3. The van der Waals surface area contributed by atoms with Crippen LogP contribution in [0.25, 0.3) is 0 Å². The number of benzene rings is 2. The third-order valence-corrected chi connectivity index (χ3v) is 8.17. The standard InChI is InChI=1S/C32H38F4O2/c1-3-5-27(37)23-14-12-22(13-15-23)25-17-16-24(29(33)30(25)34)11-8-20-6-9-21(10-7-20)26-18-19-28(38-4-2)32(36)31(26)35/h6-7,9,16-19,21-23,27,37H,3-5,8,10-15H2,1-2H3. The van der Waals surface area contributed by atoms with E-state index in [1.165, 1.54) is 6.07 Å². The lowest BCUT2D eigenvalue weighted by molar-refractivity contribution is 0.0727. The molecule has 0 aromatic heterocycles. The van der Waals surface area contributed by atoms with Gasteiger partial charge in [-0.15, -0.1) is 0 Å². The Balaban J connectivity index is 1.34. The first-order valence-corrected chi connectivity index (χ1v) is 14.0. The predicted molar refractivity (Wildman–Crippen MR) is 142 cm³/mol. The maximum Gasteiger partial charge on any atom is 0.200 e. The van der Waals surface area contributed by atoms with Crippen molar-refractivity contribution < 1.29 is 27.4 Å². The van der Waals surface area contributed by atoms with Crippen molar-refractivity contribution in [3.8, 4) is 5.75 Å². The highest BCUT2D eigenvalue weighted by Gasteiger charge is 2.29. The number of hydrogen-bond acceptors (Lipinski definition) is 2. The number of hydrogen-bond donors (Lipinski definition) is 1. The van der Waals surface area contributed by atoms with Gasteiger partial charge in [0, 0.05) is 5.92 Å². The zero-order chi connectivity index (χ0) is 27.2. The van der Waals surface area contributed by atoms with E-state index in [1.54, 1.807) is 25.1 Å². The van der Waals surface area contributed by atoms with Crippen LogP contribution in [-0.4, -0.2) is 17.8 Å². The molecule has 2 unspecified atom stereocenters. The Hall–Kier alpha value is -2.60. The number of aliphatic hydroxyl groups excluding tert-OH is 1. The number of aliphatic hydroxyl groups is 1. The SMILES string of the molecule is CCCC(O)C1CCC(c2ccc(CCC3=CCC(c4ccc(OCC)c(F)c4F)C=C3)c(F)c2F)CC1. The molecule has 2 aromatic carbocycles. The molecular weight excluding hydrogens is 492 g/mol. The highest BCUT2D eigenvalue weighted by molar-refractivity contribution is 5.39. The fourth-order valence-corrected chi connectivity index (χ4v) is 5.92. The van der Waals surface area contributed by atoms with Crippen LogP contribution in [0.4, 0.5) is 17.6 Å². The molecular formula is C32H38F4O2. The van der Waals surface area contributed by atoms with Gasteiger partial charge >= 0.3 is 0 Å². The predicted octanol–water partition coefficient (Wildman–Crippen LogP) is 8.68. The molecule has 0 amide bonds. The van der Waals surface area contributed by atoms with E-state index in [0.29, 0.717) is 30.4 Å². The summed E-state index contributed by atoms with van der Waals surface area (Å²) in [5, 5.41) is 10.3. The third-order valence-electron chi connectivity index (χ3n) is 8.17. The fraction of sp³-hybridized carbons (Fsp3) is 0.500. The lowest BCUT2D eigenvalue weighted by Crippen LogP contribution is -2.25. The molecule has 2 aliphatic carbocycles. The Morgan fingerprint density at radius 1 is 0.868 bits per heavy atom. The van der Waals surface area contributed by atoms with Gasteiger partial charge in [-0.05, 0) is 92.9 Å². The highest BCUT2D eigenvalue weighted by atomic mass is 19.2. The van der Waals surface area contributed by atoms with Gasteiger partial charge in [-0.25, -0.2) is 13.2 Å². The number of allylic oxidation sites excluding steroid dienone is 4. The van der Waals surface area contributed by atoms with Crippen LogP contribution in [0, 0.1) is 29.2 Å². The first-order valence-electron chi connectivity index (χ1n) is 14.0. The number of ether oxygens (including phenoxy) is 1. The average molecular weight is 531 g/mol. The summed E-state index contributed by atoms with van der Waals surface area (Å²) in [5.74, 6) is -3.56. The summed E-state index contributed by atoms with van der Waals surface area (Å²) in [6, 6.07) is 6.43. The van der Waals surface area contributed by atoms with Gasteiger partial charge in [0.15, 0.2) is 23.2 Å². The number of halogens is 4. The van der Waals surface area contributed by atoms with E-state index in [2.05, 4.69) is 6.92 Å². The van der Waals surface area contributed by atoms with E-state index >= 15 is 4.39 Å². The molecule has 1 saturated carbocycles. The lowest BCUT2D eigenvalue weighted by atomic mass is 9.75. The second kappa shape index (κ2) is 13.0. The van der Waals surface area contributed by atoms with Crippen LogP contribution in [0.3, 0.4) is 0 Å². The van der Waals surface area contributed by atoms with Gasteiger partial charge in [0.2, 0.25) is 5.82 Å². The largest absolute Gasteiger partial charge is 0.491 e. The van der Waals surface area contributed by atoms with Crippen LogP contribution in [0.5, 0.6) is 5.75 Å². The monoisotopic (exact) mass is 530 g/mol. The van der Waals surface area contributed by atoms with E-state index < -0.39 is 23.3 Å². The quantitative estimate of drug-likeness (QED) is 0.311. The summed E-state index contributed by atoms with van der Waals surface area (Å²) in [5.41, 5.74) is 2.02. The molecule has 0 spiro atoms. The lowest BCUT2D eigenvalue weighted by Gasteiger charge is -2.32. The summed E-state index contributed by atoms with van der Waals surface area (Å²) in [6.45, 7) is 4.02. The summed E-state index contributed by atoms with van der Waals surface area (Å²) in [4.78, 5) is 0. The summed E-state index contributed by atoms with van der Waals surface area (Å²) in [6.07, 6.45) is 11.7. The van der Waals surface area contributed by atoms with Crippen LogP contribution < -0.4 is 4.74 Å². The van der Waals surface area contributed by atoms with Crippen molar-refractivity contribution in [2.24, 2.45) is 5.92 Å². The molecule has 0 heterocycles. The minimum Gasteiger partial charge on any atom is -0.491 e. The summed E-state index contributed by atoms with van der Waals surface area (Å²) < 4.78 is 64.0. The zero-order valence-electron chi connectivity index (χ0n) is 22.3. The molecule has 4 rings (SSSR count). The van der Waals surface area contributed by atoms with Gasteiger partial charge in [0.1, 0.15) is 0 Å². The molecule has 2 aromatic rings. The molecule has 1 fully saturated rings. The van der Waals surface area contributed by atoms with Crippen molar-refractivity contribution in [2.45, 2.75) is 89.6 Å². The van der Waals surface area contributed by atoms with Crippen LogP contribution in [0.1, 0.15) is 93.7 Å². The van der Waals surface area contributed by atoms with Crippen LogP contribution in [0.2, 0.25) is 0 Å². The molecule has 206 valence electrons. The van der Waals surface area contributed by atoms with Crippen molar-refractivity contribution in [1.29, 1.82) is 0 Å². The molecule has 2 atom stereocenters. The van der Waals surface area contributed by atoms with Crippen molar-refractivity contribution >= 4 is 0 Å². The topological polar surface area (TPSA) is 29.5 Å². The Labute approximate surface area is 223 Å². The molecule has 2 aliphatic rings. The third kappa shape index (κ3) is 6.33. The maximum atomic E-state index is 15.0. The van der Waals surface area contributed by atoms with Crippen LogP contribution in [0.15, 0.2) is 48.1 Å². The molecule has 1 N–H and O–H groups in total. The molecule has 6 heteroatoms. The first-order chi connectivity index (χ1) is 18.3. The van der Waals surface area contributed by atoms with E-state index in [-0.39, 0.29) is 41.8 Å². The molecule has 0 radical (unpaired) electrons. The Morgan fingerprint density at radius 2 is 1.58 bits per heavy atom. The van der Waals surface area contributed by atoms with Gasteiger partial charge in [-0.2, -0.15) is 4.39 Å². The van der Waals surface area contributed by atoms with E-state index in [4.69, 9.17) is 4.74 Å². The summed E-state index contributed by atoms with van der Waals surface area (Å²) in [7, 11) is 0. The summed E-state index contributed by atoms with van der Waals surface area (Å²) >= 11 is 0. The molecule has 0 aliphatic heterocycles. The van der Waals surface area contributed by atoms with E-state index in [1.807, 2.05) is 18.2 Å². The second-order valence-corrected chi connectivity index (χ2v) is 10.6. The van der Waals surface area contributed by atoms with Crippen LogP contribution in [-0.2, 0) is 6.42 Å². The average Bonchev–Trinajstić information content (AvgIpc) is 2.93. The molecule has 38 heavy (non-hydrogen) atoms. The number of aryl methyl sites for hydroxylation is 1.